The van der Waals surface area contributed by atoms with E-state index < -0.39 is 20.4 Å². The molecular weight excluding hydrogens is 292 g/mol. The molecule has 1 amide bonds. The van der Waals surface area contributed by atoms with E-state index in [0.29, 0.717) is 13.1 Å². The Balaban J connectivity index is 2.49. The largest absolute Gasteiger partial charge is 0.444 e. The first-order chi connectivity index (χ1) is 9.23. The maximum atomic E-state index is 12.1. The zero-order chi connectivity index (χ0) is 16.6. The van der Waals surface area contributed by atoms with Gasteiger partial charge in [0.15, 0.2) is 0 Å². The standard InChI is InChI=1S/C14H28N2O4S/c1-10(15-21(18,19)14(5,6)7)11-8-16(9-11)12(17)20-13(2,3)4/h10-11,15H,8-9H2,1-7H3. The molecule has 0 aromatic rings. The van der Waals surface area contributed by atoms with Crippen LogP contribution in [0, 0.1) is 5.92 Å². The number of nitrogens with one attached hydrogen (secondary N) is 1. The number of carbonyl (C=O) groups is 1. The van der Waals surface area contributed by atoms with Gasteiger partial charge in [-0.2, -0.15) is 0 Å². The van der Waals surface area contributed by atoms with E-state index in [1.54, 1.807) is 25.7 Å². The normalized spacial score (nSPS) is 19.1. The number of nitrogens with zero attached hydrogens (tertiary/aromatic N) is 1. The van der Waals surface area contributed by atoms with Gasteiger partial charge < -0.3 is 9.64 Å². The van der Waals surface area contributed by atoms with Gasteiger partial charge in [-0.3, -0.25) is 0 Å². The number of rotatable bonds is 3. The van der Waals surface area contributed by atoms with E-state index in [9.17, 15) is 13.2 Å². The Morgan fingerprint density at radius 1 is 1.19 bits per heavy atom. The van der Waals surface area contributed by atoms with E-state index in [0.717, 1.165) is 0 Å². The molecule has 0 radical (unpaired) electrons. The molecule has 0 aromatic carbocycles. The summed E-state index contributed by atoms with van der Waals surface area (Å²) in [6.07, 6.45) is -0.343. The Labute approximate surface area is 128 Å². The van der Waals surface area contributed by atoms with Gasteiger partial charge in [0, 0.05) is 25.0 Å². The Morgan fingerprint density at radius 2 is 1.67 bits per heavy atom. The van der Waals surface area contributed by atoms with E-state index in [1.807, 2.05) is 27.7 Å². The first-order valence-electron chi connectivity index (χ1n) is 7.23. The van der Waals surface area contributed by atoms with Crippen LogP contribution in [0.2, 0.25) is 0 Å². The summed E-state index contributed by atoms with van der Waals surface area (Å²) in [6, 6.07) is -0.201. The zero-order valence-electron chi connectivity index (χ0n) is 14.1. The van der Waals surface area contributed by atoms with Crippen molar-refractivity contribution in [2.45, 2.75) is 64.9 Å². The predicted molar refractivity (Wildman–Crippen MR) is 82.6 cm³/mol. The molecule has 0 aromatic heterocycles. The molecule has 7 heteroatoms. The first kappa shape index (κ1) is 18.2. The van der Waals surface area contributed by atoms with Crippen molar-refractivity contribution < 1.29 is 17.9 Å². The second kappa shape index (κ2) is 5.76. The van der Waals surface area contributed by atoms with Gasteiger partial charge in [-0.1, -0.05) is 0 Å². The number of amides is 1. The van der Waals surface area contributed by atoms with Crippen LogP contribution in [0.3, 0.4) is 0 Å². The van der Waals surface area contributed by atoms with Gasteiger partial charge in [0.2, 0.25) is 10.0 Å². The summed E-state index contributed by atoms with van der Waals surface area (Å²) in [7, 11) is -3.37. The van der Waals surface area contributed by atoms with E-state index in [-0.39, 0.29) is 18.1 Å². The molecule has 1 atom stereocenters. The average molecular weight is 320 g/mol. The SMILES string of the molecule is CC(NS(=O)(=O)C(C)(C)C)C1CN(C(=O)OC(C)(C)C)C1. The van der Waals surface area contributed by atoms with Gasteiger partial charge in [0.25, 0.3) is 0 Å². The Hall–Kier alpha value is -0.820. The van der Waals surface area contributed by atoms with Crippen molar-refractivity contribution in [1.82, 2.24) is 9.62 Å². The summed E-state index contributed by atoms with van der Waals surface area (Å²) in [4.78, 5) is 13.4. The molecule has 124 valence electrons. The molecule has 0 bridgehead atoms. The van der Waals surface area contributed by atoms with Crippen LogP contribution in [0.5, 0.6) is 0 Å². The fourth-order valence-corrected chi connectivity index (χ4v) is 2.86. The molecule has 1 saturated heterocycles. The second-order valence-corrected chi connectivity index (χ2v) is 10.1. The van der Waals surface area contributed by atoms with Crippen molar-refractivity contribution in [2.75, 3.05) is 13.1 Å². The summed E-state index contributed by atoms with van der Waals surface area (Å²) in [5, 5.41) is 0. The predicted octanol–water partition coefficient (Wildman–Crippen LogP) is 1.96. The highest BCUT2D eigenvalue weighted by molar-refractivity contribution is 7.90. The third-order valence-corrected chi connectivity index (χ3v) is 5.71. The molecule has 0 saturated carbocycles. The van der Waals surface area contributed by atoms with Crippen molar-refractivity contribution >= 4 is 16.1 Å². The van der Waals surface area contributed by atoms with Crippen LogP contribution >= 0.6 is 0 Å². The fraction of sp³-hybridized carbons (Fsp3) is 0.929. The Bertz CT molecular complexity index is 482. The summed E-state index contributed by atoms with van der Waals surface area (Å²) in [5.74, 6) is 0.120. The van der Waals surface area contributed by atoms with E-state index in [4.69, 9.17) is 4.74 Å². The number of carbonyl (C=O) groups excluding carboxylic acids is 1. The van der Waals surface area contributed by atoms with E-state index >= 15 is 0 Å². The van der Waals surface area contributed by atoms with Crippen LogP contribution in [-0.2, 0) is 14.8 Å². The molecule has 1 unspecified atom stereocenters. The quantitative estimate of drug-likeness (QED) is 0.862. The highest BCUT2D eigenvalue weighted by Gasteiger charge is 2.39. The topological polar surface area (TPSA) is 75.7 Å². The van der Waals surface area contributed by atoms with Crippen LogP contribution in [0.15, 0.2) is 0 Å². The van der Waals surface area contributed by atoms with Gasteiger partial charge >= 0.3 is 6.09 Å². The van der Waals surface area contributed by atoms with Gasteiger partial charge in [-0.05, 0) is 48.5 Å². The molecule has 1 rings (SSSR count). The Morgan fingerprint density at radius 3 is 2.05 bits per heavy atom. The van der Waals surface area contributed by atoms with Gasteiger partial charge in [-0.25, -0.2) is 17.9 Å². The van der Waals surface area contributed by atoms with Crippen LogP contribution in [0.25, 0.3) is 0 Å². The number of likely N-dealkylation sites (tertiary alicyclic amines) is 1. The minimum atomic E-state index is -3.37. The lowest BCUT2D eigenvalue weighted by atomic mass is 9.94. The highest BCUT2D eigenvalue weighted by atomic mass is 32.2. The fourth-order valence-electron chi connectivity index (χ4n) is 1.82. The third kappa shape index (κ3) is 4.85. The Kier molecular flexibility index (Phi) is 5.00. The molecule has 0 aliphatic carbocycles. The van der Waals surface area contributed by atoms with Crippen LogP contribution < -0.4 is 4.72 Å². The lowest BCUT2D eigenvalue weighted by Crippen LogP contribution is -2.59. The molecule has 21 heavy (non-hydrogen) atoms. The molecule has 1 aliphatic heterocycles. The molecule has 6 nitrogen and oxygen atoms in total. The highest BCUT2D eigenvalue weighted by Crippen LogP contribution is 2.24. The zero-order valence-corrected chi connectivity index (χ0v) is 14.9. The maximum Gasteiger partial charge on any atom is 0.410 e. The van der Waals surface area contributed by atoms with Crippen LogP contribution in [0.4, 0.5) is 4.79 Å². The van der Waals surface area contributed by atoms with Crippen molar-refractivity contribution in [3.63, 3.8) is 0 Å². The van der Waals surface area contributed by atoms with Gasteiger partial charge in [0.05, 0.1) is 4.75 Å². The molecule has 1 N–H and O–H groups in total. The molecule has 0 spiro atoms. The number of ether oxygens (including phenoxy) is 1. The molecular formula is C14H28N2O4S. The first-order valence-corrected chi connectivity index (χ1v) is 8.71. The molecule has 1 fully saturated rings. The van der Waals surface area contributed by atoms with Gasteiger partial charge in [0.1, 0.15) is 5.60 Å². The lowest BCUT2D eigenvalue weighted by molar-refractivity contribution is -0.00450. The van der Waals surface area contributed by atoms with E-state index in [1.165, 1.54) is 0 Å². The maximum absolute atomic E-state index is 12.1. The van der Waals surface area contributed by atoms with Crippen LogP contribution in [0.1, 0.15) is 48.5 Å². The van der Waals surface area contributed by atoms with E-state index in [2.05, 4.69) is 4.72 Å². The van der Waals surface area contributed by atoms with Crippen molar-refractivity contribution in [3.8, 4) is 0 Å². The summed E-state index contributed by atoms with van der Waals surface area (Å²) in [5.41, 5.74) is -0.512. The summed E-state index contributed by atoms with van der Waals surface area (Å²) in [6.45, 7) is 13.3. The second-order valence-electron chi connectivity index (χ2n) is 7.67. The minimum Gasteiger partial charge on any atom is -0.444 e. The van der Waals surface area contributed by atoms with Gasteiger partial charge in [-0.15, -0.1) is 0 Å². The van der Waals surface area contributed by atoms with Crippen molar-refractivity contribution in [3.05, 3.63) is 0 Å². The van der Waals surface area contributed by atoms with Crippen LogP contribution in [-0.4, -0.2) is 48.9 Å². The lowest BCUT2D eigenvalue weighted by Gasteiger charge is -2.43. The monoisotopic (exact) mass is 320 g/mol. The van der Waals surface area contributed by atoms with Crippen molar-refractivity contribution in [2.24, 2.45) is 5.92 Å². The number of hydrogen-bond acceptors (Lipinski definition) is 4. The molecule has 1 aliphatic rings. The summed E-state index contributed by atoms with van der Waals surface area (Å²) >= 11 is 0. The average Bonchev–Trinajstić information content (AvgIpc) is 2.07. The molecule has 1 heterocycles. The number of hydrogen-bond donors (Lipinski definition) is 1. The summed E-state index contributed by atoms with van der Waals surface area (Å²) < 4.78 is 31.3. The number of sulfonamides is 1. The third-order valence-electron chi connectivity index (χ3n) is 3.42. The minimum absolute atomic E-state index is 0.120. The van der Waals surface area contributed by atoms with Crippen molar-refractivity contribution in [1.29, 1.82) is 0 Å². The smallest absolute Gasteiger partial charge is 0.410 e.